The Hall–Kier alpha value is -1.89. The van der Waals surface area contributed by atoms with Crippen LogP contribution in [0.3, 0.4) is 0 Å². The van der Waals surface area contributed by atoms with Crippen LogP contribution in [-0.2, 0) is 9.53 Å². The number of ether oxygens (including phenoxy) is 2. The second-order valence-electron chi connectivity index (χ2n) is 4.89. The van der Waals surface area contributed by atoms with Crippen molar-refractivity contribution in [2.24, 2.45) is 0 Å². The van der Waals surface area contributed by atoms with Crippen LogP contribution in [0.15, 0.2) is 10.9 Å². The lowest BCUT2D eigenvalue weighted by atomic mass is 10.3. The van der Waals surface area contributed by atoms with Crippen molar-refractivity contribution in [1.29, 1.82) is 0 Å². The quantitative estimate of drug-likeness (QED) is 0.755. The van der Waals surface area contributed by atoms with Crippen molar-refractivity contribution >= 4 is 11.8 Å². The molecule has 7 nitrogen and oxygen atoms in total. The van der Waals surface area contributed by atoms with E-state index < -0.39 is 5.97 Å². The minimum Gasteiger partial charge on any atom is -0.392 e. The molecule has 0 spiro atoms. The van der Waals surface area contributed by atoms with Gasteiger partial charge in [0.2, 0.25) is 0 Å². The van der Waals surface area contributed by atoms with E-state index >= 15 is 0 Å². The Labute approximate surface area is 117 Å². The summed E-state index contributed by atoms with van der Waals surface area (Å²) in [6, 6.07) is 1.38. The van der Waals surface area contributed by atoms with E-state index in [4.69, 9.17) is 9.47 Å². The van der Waals surface area contributed by atoms with Crippen LogP contribution in [0.5, 0.6) is 6.01 Å². The van der Waals surface area contributed by atoms with Gasteiger partial charge >= 0.3 is 12.0 Å². The maximum absolute atomic E-state index is 12.2. The molecule has 1 saturated heterocycles. The van der Waals surface area contributed by atoms with E-state index in [-0.39, 0.29) is 17.6 Å². The highest BCUT2D eigenvalue weighted by Crippen LogP contribution is 2.18. The highest BCUT2D eigenvalue weighted by molar-refractivity contribution is 5.68. The molecule has 0 saturated carbocycles. The minimum absolute atomic E-state index is 0.0430. The third-order valence-electron chi connectivity index (χ3n) is 2.99. The van der Waals surface area contributed by atoms with Crippen LogP contribution >= 0.6 is 0 Å². The monoisotopic (exact) mass is 281 g/mol. The highest BCUT2D eigenvalue weighted by atomic mass is 16.5. The van der Waals surface area contributed by atoms with Crippen LogP contribution in [0.1, 0.15) is 26.8 Å². The third kappa shape index (κ3) is 3.16. The summed E-state index contributed by atoms with van der Waals surface area (Å²) < 4.78 is 11.7. The SMILES string of the molecule is CC(=O)Oc1nc(N2CCOCC2)cc(=O)n1C(C)C. The first kappa shape index (κ1) is 14.5. The predicted octanol–water partition coefficient (Wildman–Crippen LogP) is 0.586. The van der Waals surface area contributed by atoms with Gasteiger partial charge in [0, 0.05) is 32.1 Å². The predicted molar refractivity (Wildman–Crippen MR) is 73.2 cm³/mol. The average Bonchev–Trinajstić information content (AvgIpc) is 2.38. The second kappa shape index (κ2) is 6.04. The van der Waals surface area contributed by atoms with Crippen LogP contribution in [0.25, 0.3) is 0 Å². The third-order valence-corrected chi connectivity index (χ3v) is 2.99. The normalized spacial score (nSPS) is 15.5. The molecular formula is C13H19N3O4. The Morgan fingerprint density at radius 1 is 1.40 bits per heavy atom. The van der Waals surface area contributed by atoms with Gasteiger partial charge in [0.1, 0.15) is 5.82 Å². The van der Waals surface area contributed by atoms with Crippen molar-refractivity contribution in [2.75, 3.05) is 31.2 Å². The van der Waals surface area contributed by atoms with Gasteiger partial charge in [0.25, 0.3) is 5.56 Å². The first-order valence-electron chi connectivity index (χ1n) is 6.63. The molecule has 0 unspecified atom stereocenters. The van der Waals surface area contributed by atoms with Crippen LogP contribution < -0.4 is 15.2 Å². The largest absolute Gasteiger partial charge is 0.392 e. The molecule has 110 valence electrons. The van der Waals surface area contributed by atoms with E-state index in [1.54, 1.807) is 0 Å². The van der Waals surface area contributed by atoms with Crippen molar-refractivity contribution in [3.05, 3.63) is 16.4 Å². The van der Waals surface area contributed by atoms with Crippen molar-refractivity contribution in [2.45, 2.75) is 26.8 Å². The van der Waals surface area contributed by atoms with Crippen molar-refractivity contribution in [3.8, 4) is 6.01 Å². The zero-order chi connectivity index (χ0) is 14.7. The number of rotatable bonds is 3. The van der Waals surface area contributed by atoms with E-state index in [2.05, 4.69) is 4.98 Å². The molecule has 7 heteroatoms. The van der Waals surface area contributed by atoms with E-state index in [0.29, 0.717) is 32.1 Å². The summed E-state index contributed by atoms with van der Waals surface area (Å²) in [5.74, 6) is 0.0249. The molecule has 20 heavy (non-hydrogen) atoms. The van der Waals surface area contributed by atoms with Crippen LogP contribution in [0.2, 0.25) is 0 Å². The molecule has 2 rings (SSSR count). The summed E-state index contributed by atoms with van der Waals surface area (Å²) in [5, 5.41) is 0. The molecule has 1 aromatic heterocycles. The number of aromatic nitrogens is 2. The molecule has 1 aliphatic rings. The fourth-order valence-corrected chi connectivity index (χ4v) is 2.09. The van der Waals surface area contributed by atoms with E-state index in [1.165, 1.54) is 17.6 Å². The standard InChI is InChI=1S/C13H19N3O4/c1-9(2)16-12(18)8-11(14-13(16)20-10(3)17)15-4-6-19-7-5-15/h8-9H,4-7H2,1-3H3. The van der Waals surface area contributed by atoms with Gasteiger partial charge in [0.05, 0.1) is 13.2 Å². The Morgan fingerprint density at radius 2 is 2.05 bits per heavy atom. The van der Waals surface area contributed by atoms with Crippen LogP contribution in [0.4, 0.5) is 5.82 Å². The average molecular weight is 281 g/mol. The summed E-state index contributed by atoms with van der Waals surface area (Å²) in [7, 11) is 0. The number of nitrogens with zero attached hydrogens (tertiary/aromatic N) is 3. The number of anilines is 1. The molecule has 0 amide bonds. The zero-order valence-electron chi connectivity index (χ0n) is 12.0. The van der Waals surface area contributed by atoms with Crippen molar-refractivity contribution in [3.63, 3.8) is 0 Å². The van der Waals surface area contributed by atoms with Gasteiger partial charge in [-0.3, -0.25) is 14.2 Å². The Bertz CT molecular complexity index is 547. The molecule has 0 N–H and O–H groups in total. The lowest BCUT2D eigenvalue weighted by Gasteiger charge is -2.28. The fourth-order valence-electron chi connectivity index (χ4n) is 2.09. The maximum Gasteiger partial charge on any atom is 0.310 e. The molecule has 0 aromatic carbocycles. The number of hydrogen-bond acceptors (Lipinski definition) is 6. The first-order chi connectivity index (χ1) is 9.49. The number of esters is 1. The molecule has 0 aliphatic carbocycles. The number of carbonyl (C=O) groups excluding carboxylic acids is 1. The lowest BCUT2D eigenvalue weighted by molar-refractivity contribution is -0.132. The van der Waals surface area contributed by atoms with Gasteiger partial charge in [-0.2, -0.15) is 4.98 Å². The van der Waals surface area contributed by atoms with Gasteiger partial charge in [-0.05, 0) is 13.8 Å². The summed E-state index contributed by atoms with van der Waals surface area (Å²) in [6.07, 6.45) is 0. The van der Waals surface area contributed by atoms with E-state index in [0.717, 1.165) is 0 Å². The fraction of sp³-hybridized carbons (Fsp3) is 0.615. The van der Waals surface area contributed by atoms with Crippen LogP contribution in [-0.4, -0.2) is 41.8 Å². The first-order valence-corrected chi connectivity index (χ1v) is 6.63. The molecule has 1 aliphatic heterocycles. The van der Waals surface area contributed by atoms with E-state index in [1.807, 2.05) is 18.7 Å². The maximum atomic E-state index is 12.2. The van der Waals surface area contributed by atoms with Gasteiger partial charge in [0.15, 0.2) is 0 Å². The van der Waals surface area contributed by atoms with Crippen molar-refractivity contribution < 1.29 is 14.3 Å². The molecule has 0 radical (unpaired) electrons. The molecule has 2 heterocycles. The Morgan fingerprint density at radius 3 is 2.60 bits per heavy atom. The Balaban J connectivity index is 2.42. The van der Waals surface area contributed by atoms with Gasteiger partial charge < -0.3 is 14.4 Å². The molecule has 1 fully saturated rings. The smallest absolute Gasteiger partial charge is 0.310 e. The van der Waals surface area contributed by atoms with Crippen LogP contribution in [0, 0.1) is 0 Å². The summed E-state index contributed by atoms with van der Waals surface area (Å²) in [5.41, 5.74) is -0.229. The zero-order valence-corrected chi connectivity index (χ0v) is 12.0. The highest BCUT2D eigenvalue weighted by Gasteiger charge is 2.19. The van der Waals surface area contributed by atoms with Gasteiger partial charge in [-0.1, -0.05) is 0 Å². The summed E-state index contributed by atoms with van der Waals surface area (Å²) in [6.45, 7) is 7.48. The summed E-state index contributed by atoms with van der Waals surface area (Å²) >= 11 is 0. The molecule has 0 atom stereocenters. The second-order valence-corrected chi connectivity index (χ2v) is 4.89. The Kier molecular flexibility index (Phi) is 4.39. The van der Waals surface area contributed by atoms with Gasteiger partial charge in [-0.25, -0.2) is 0 Å². The number of morpholine rings is 1. The molecular weight excluding hydrogens is 262 g/mol. The lowest BCUT2D eigenvalue weighted by Crippen LogP contribution is -2.38. The van der Waals surface area contributed by atoms with Gasteiger partial charge in [-0.15, -0.1) is 0 Å². The van der Waals surface area contributed by atoms with E-state index in [9.17, 15) is 9.59 Å². The minimum atomic E-state index is -0.495. The molecule has 0 bridgehead atoms. The number of carbonyl (C=O) groups is 1. The molecule has 1 aromatic rings. The topological polar surface area (TPSA) is 73.7 Å². The van der Waals surface area contributed by atoms with Crippen molar-refractivity contribution in [1.82, 2.24) is 9.55 Å². The summed E-state index contributed by atoms with van der Waals surface area (Å²) in [4.78, 5) is 29.6. The number of hydrogen-bond donors (Lipinski definition) is 0.